The molecule has 4 rings (SSSR count). The van der Waals surface area contributed by atoms with Crippen molar-refractivity contribution < 1.29 is 0 Å². The number of nitrogens with zero attached hydrogens (tertiary/aromatic N) is 4. The molecule has 1 aromatic carbocycles. The summed E-state index contributed by atoms with van der Waals surface area (Å²) in [5, 5.41) is 0. The average Bonchev–Trinajstić information content (AvgIpc) is 2.98. The first-order valence-corrected chi connectivity index (χ1v) is 8.36. The normalized spacial score (nSPS) is 10.9. The van der Waals surface area contributed by atoms with Crippen LogP contribution < -0.4 is 11.3 Å². The van der Waals surface area contributed by atoms with Crippen LogP contribution >= 0.6 is 23.6 Å². The number of hydrogen-bond donors (Lipinski definition) is 2. The molecule has 3 N–H and O–H groups in total. The molecule has 0 atom stereocenters. The lowest BCUT2D eigenvalue weighted by atomic mass is 10.2. The summed E-state index contributed by atoms with van der Waals surface area (Å²) in [6, 6.07) is 13.6. The molecule has 24 heavy (non-hydrogen) atoms. The Balaban J connectivity index is 2.05. The summed E-state index contributed by atoms with van der Waals surface area (Å²) >= 11 is 6.96. The number of benzene rings is 1. The molecule has 4 aromatic rings. The third-order valence-corrected chi connectivity index (χ3v) is 4.87. The number of fused-ring (bicyclic) bond motifs is 1. The van der Waals surface area contributed by atoms with Crippen LogP contribution in [0.4, 0.5) is 5.82 Å². The van der Waals surface area contributed by atoms with E-state index in [2.05, 4.69) is 15.4 Å². The van der Waals surface area contributed by atoms with Crippen LogP contribution in [0.1, 0.15) is 0 Å². The fourth-order valence-corrected chi connectivity index (χ4v) is 3.76. The van der Waals surface area contributed by atoms with Crippen LogP contribution in [0.5, 0.6) is 0 Å². The molecule has 0 amide bonds. The Bertz CT molecular complexity index is 1060. The largest absolute Gasteiger partial charge is 0.307 e. The number of nitrogens with one attached hydrogen (secondary N) is 1. The minimum atomic E-state index is 0.543. The Kier molecular flexibility index (Phi) is 3.77. The second-order valence-electron chi connectivity index (χ2n) is 4.97. The molecule has 0 saturated heterocycles. The fourth-order valence-electron chi connectivity index (χ4n) is 2.43. The van der Waals surface area contributed by atoms with E-state index in [9.17, 15) is 0 Å². The first-order chi connectivity index (χ1) is 11.8. The maximum absolute atomic E-state index is 5.67. The van der Waals surface area contributed by atoms with Crippen LogP contribution in [-0.2, 0) is 0 Å². The monoisotopic (exact) mass is 352 g/mol. The second kappa shape index (κ2) is 6.08. The Hall–Kier alpha value is -2.68. The van der Waals surface area contributed by atoms with Gasteiger partial charge >= 0.3 is 0 Å². The van der Waals surface area contributed by atoms with Gasteiger partial charge in [0.15, 0.2) is 21.2 Å². The number of pyridine rings is 1. The number of hydrogen-bond acceptors (Lipinski definition) is 7. The van der Waals surface area contributed by atoms with Crippen LogP contribution in [0, 0.1) is 3.95 Å². The van der Waals surface area contributed by atoms with Gasteiger partial charge in [0.05, 0.1) is 0 Å². The molecular formula is C16H12N6S2. The molecule has 3 aromatic heterocycles. The fraction of sp³-hybridized carbons (Fsp3) is 0. The summed E-state index contributed by atoms with van der Waals surface area (Å²) in [5.41, 5.74) is 5.14. The van der Waals surface area contributed by atoms with Crippen molar-refractivity contribution in [3.8, 4) is 17.1 Å². The lowest BCUT2D eigenvalue weighted by Gasteiger charge is -2.07. The molecule has 0 aliphatic carbocycles. The maximum Gasteiger partial charge on any atom is 0.168 e. The highest BCUT2D eigenvalue weighted by molar-refractivity contribution is 7.73. The maximum atomic E-state index is 5.67. The summed E-state index contributed by atoms with van der Waals surface area (Å²) in [7, 11) is 0. The second-order valence-corrected chi connectivity index (χ2v) is 6.62. The van der Waals surface area contributed by atoms with E-state index in [1.54, 1.807) is 12.4 Å². The predicted octanol–water partition coefficient (Wildman–Crippen LogP) is 3.56. The molecule has 0 spiro atoms. The van der Waals surface area contributed by atoms with Crippen LogP contribution in [0.2, 0.25) is 0 Å². The minimum Gasteiger partial charge on any atom is -0.307 e. The van der Waals surface area contributed by atoms with Crippen molar-refractivity contribution in [3.05, 3.63) is 58.8 Å². The molecule has 0 bridgehead atoms. The molecule has 0 aliphatic rings. The third kappa shape index (κ3) is 2.46. The van der Waals surface area contributed by atoms with Crippen LogP contribution in [0.3, 0.4) is 0 Å². The molecular weight excluding hydrogens is 340 g/mol. The van der Waals surface area contributed by atoms with Crippen molar-refractivity contribution in [2.75, 3.05) is 5.43 Å². The molecule has 118 valence electrons. The smallest absolute Gasteiger partial charge is 0.168 e. The van der Waals surface area contributed by atoms with E-state index in [1.807, 2.05) is 47.0 Å². The van der Waals surface area contributed by atoms with Gasteiger partial charge in [-0.3, -0.25) is 9.55 Å². The van der Waals surface area contributed by atoms with E-state index in [0.29, 0.717) is 15.6 Å². The number of nitrogen functional groups attached to an aromatic ring is 1. The number of nitrogens with two attached hydrogens (primary N) is 1. The molecule has 0 saturated carbocycles. The summed E-state index contributed by atoms with van der Waals surface area (Å²) < 4.78 is 3.43. The lowest BCUT2D eigenvalue weighted by molar-refractivity contribution is 1.07. The van der Waals surface area contributed by atoms with Crippen LogP contribution in [-0.4, -0.2) is 19.5 Å². The minimum absolute atomic E-state index is 0.543. The van der Waals surface area contributed by atoms with Crippen molar-refractivity contribution in [2.45, 2.75) is 0 Å². The van der Waals surface area contributed by atoms with E-state index in [1.165, 1.54) is 11.3 Å². The highest BCUT2D eigenvalue weighted by Gasteiger charge is 2.16. The number of aromatic nitrogens is 4. The molecule has 0 unspecified atom stereocenters. The number of para-hydroxylation sites is 1. The van der Waals surface area contributed by atoms with Crippen molar-refractivity contribution >= 4 is 39.7 Å². The summed E-state index contributed by atoms with van der Waals surface area (Å²) in [4.78, 5) is 13.3. The van der Waals surface area contributed by atoms with Gasteiger partial charge in [0, 0.05) is 23.6 Å². The van der Waals surface area contributed by atoms with Crippen LogP contribution in [0.15, 0.2) is 54.9 Å². The molecule has 6 nitrogen and oxygen atoms in total. The van der Waals surface area contributed by atoms with Crippen molar-refractivity contribution in [1.29, 1.82) is 0 Å². The summed E-state index contributed by atoms with van der Waals surface area (Å²) in [6.45, 7) is 0. The molecule has 0 radical (unpaired) electrons. The van der Waals surface area contributed by atoms with Gasteiger partial charge in [0.25, 0.3) is 0 Å². The molecule has 8 heteroatoms. The van der Waals surface area contributed by atoms with Gasteiger partial charge in [-0.15, -0.1) is 0 Å². The zero-order valence-corrected chi connectivity index (χ0v) is 14.0. The van der Waals surface area contributed by atoms with E-state index in [4.69, 9.17) is 23.0 Å². The van der Waals surface area contributed by atoms with Gasteiger partial charge in [0.1, 0.15) is 4.70 Å². The number of hydrazine groups is 1. The van der Waals surface area contributed by atoms with Gasteiger partial charge in [-0.25, -0.2) is 15.8 Å². The predicted molar refractivity (Wildman–Crippen MR) is 98.6 cm³/mol. The van der Waals surface area contributed by atoms with Gasteiger partial charge in [0.2, 0.25) is 0 Å². The quantitative estimate of drug-likeness (QED) is 0.333. The Morgan fingerprint density at radius 2 is 1.92 bits per heavy atom. The molecule has 0 fully saturated rings. The Labute approximate surface area is 146 Å². The van der Waals surface area contributed by atoms with E-state index in [0.717, 1.165) is 21.6 Å². The number of anilines is 1. The highest BCUT2D eigenvalue weighted by atomic mass is 32.1. The summed E-state index contributed by atoms with van der Waals surface area (Å²) in [6.07, 6.45) is 3.43. The van der Waals surface area contributed by atoms with Crippen molar-refractivity contribution in [3.63, 3.8) is 0 Å². The van der Waals surface area contributed by atoms with Crippen molar-refractivity contribution in [2.24, 2.45) is 5.84 Å². The van der Waals surface area contributed by atoms with Gasteiger partial charge in [-0.1, -0.05) is 29.5 Å². The van der Waals surface area contributed by atoms with E-state index < -0.39 is 0 Å². The first-order valence-electron chi connectivity index (χ1n) is 7.14. The molecule has 3 heterocycles. The Morgan fingerprint density at radius 3 is 2.62 bits per heavy atom. The van der Waals surface area contributed by atoms with Gasteiger partial charge in [-0.2, -0.15) is 0 Å². The lowest BCUT2D eigenvalue weighted by Crippen LogP contribution is -2.10. The topological polar surface area (TPSA) is 81.7 Å². The Morgan fingerprint density at radius 1 is 1.08 bits per heavy atom. The average molecular weight is 352 g/mol. The standard InChI is InChI=1S/C16H12N6S2/c17-21-14-12-15(20-13(19-14)10-5-4-8-18-9-10)22(16(23)24-12)11-6-2-1-3-7-11/h1-9H,17H2,(H,19,20,21). The zero-order chi connectivity index (χ0) is 16.5. The number of rotatable bonds is 3. The highest BCUT2D eigenvalue weighted by Crippen LogP contribution is 2.31. The van der Waals surface area contributed by atoms with E-state index >= 15 is 0 Å². The third-order valence-electron chi connectivity index (χ3n) is 3.50. The first kappa shape index (κ1) is 14.9. The van der Waals surface area contributed by atoms with Gasteiger partial charge in [-0.05, 0) is 36.5 Å². The summed E-state index contributed by atoms with van der Waals surface area (Å²) in [5.74, 6) is 6.76. The SMILES string of the molecule is NNc1nc(-c2cccnc2)nc2c1sc(=S)n2-c1ccccc1. The molecule has 0 aliphatic heterocycles. The number of thiazole rings is 1. The van der Waals surface area contributed by atoms with E-state index in [-0.39, 0.29) is 0 Å². The zero-order valence-electron chi connectivity index (χ0n) is 12.4. The van der Waals surface area contributed by atoms with Crippen molar-refractivity contribution in [1.82, 2.24) is 19.5 Å². The van der Waals surface area contributed by atoms with Crippen LogP contribution in [0.25, 0.3) is 27.4 Å². The van der Waals surface area contributed by atoms with Gasteiger partial charge < -0.3 is 5.43 Å².